The number of hydrogen-bond donors (Lipinski definition) is 0. The molecule has 0 unspecified atom stereocenters. The summed E-state index contributed by atoms with van der Waals surface area (Å²) < 4.78 is 0. The van der Waals surface area contributed by atoms with Crippen LogP contribution in [0.1, 0.15) is 20.8 Å². The molecule has 0 spiro atoms. The molecule has 0 aliphatic heterocycles. The number of ketones is 1. The highest BCUT2D eigenvalue weighted by atomic mass is 16.1. The van der Waals surface area contributed by atoms with Crippen molar-refractivity contribution in [2.24, 2.45) is 0 Å². The number of rotatable bonds is 3. The molecule has 1 heteroatoms. The van der Waals surface area contributed by atoms with Gasteiger partial charge in [0.1, 0.15) is 0 Å². The zero-order valence-electron chi connectivity index (χ0n) is 7.29. The Bertz CT molecular complexity index is 207. The third-order valence-corrected chi connectivity index (χ3v) is 1.30. The molecule has 0 heterocycles. The Morgan fingerprint density at radius 1 is 1.18 bits per heavy atom. The highest BCUT2D eigenvalue weighted by Gasteiger charge is 1.94. The van der Waals surface area contributed by atoms with E-state index in [2.05, 4.69) is 0 Å². The lowest BCUT2D eigenvalue weighted by Gasteiger charge is -1.90. The summed E-state index contributed by atoms with van der Waals surface area (Å²) in [6, 6.07) is 0. The Labute approximate surface area is 68.1 Å². The maximum atomic E-state index is 10.8. The molecule has 0 aliphatic rings. The Kier molecular flexibility index (Phi) is 5.09. The molecule has 0 aliphatic carbocycles. The molecule has 0 atom stereocenters. The second kappa shape index (κ2) is 5.66. The standard InChI is InChI=1S/C10H14O/c1-4-6-7-8-10(5-2)9(3)11/h4-8H,1-3H3/b6-4-,8-7-,10-5+. The first-order valence-electron chi connectivity index (χ1n) is 3.69. The van der Waals surface area contributed by atoms with Gasteiger partial charge in [-0.05, 0) is 20.8 Å². The first kappa shape index (κ1) is 9.89. The van der Waals surface area contributed by atoms with Crippen molar-refractivity contribution in [1.29, 1.82) is 0 Å². The first-order chi connectivity index (χ1) is 5.22. The van der Waals surface area contributed by atoms with Gasteiger partial charge in [0.15, 0.2) is 5.78 Å². The molecule has 0 amide bonds. The minimum Gasteiger partial charge on any atom is -0.295 e. The van der Waals surface area contributed by atoms with Crippen LogP contribution in [0.25, 0.3) is 0 Å². The summed E-state index contributed by atoms with van der Waals surface area (Å²) in [4.78, 5) is 10.8. The van der Waals surface area contributed by atoms with Crippen LogP contribution < -0.4 is 0 Å². The van der Waals surface area contributed by atoms with Crippen LogP contribution >= 0.6 is 0 Å². The van der Waals surface area contributed by atoms with E-state index in [-0.39, 0.29) is 5.78 Å². The second-order valence-electron chi connectivity index (χ2n) is 2.19. The van der Waals surface area contributed by atoms with E-state index in [0.29, 0.717) is 0 Å². The molecule has 0 rings (SSSR count). The molecular weight excluding hydrogens is 136 g/mol. The lowest BCUT2D eigenvalue weighted by atomic mass is 10.1. The first-order valence-corrected chi connectivity index (χ1v) is 3.69. The monoisotopic (exact) mass is 150 g/mol. The Morgan fingerprint density at radius 3 is 2.18 bits per heavy atom. The van der Waals surface area contributed by atoms with Gasteiger partial charge in [0.2, 0.25) is 0 Å². The summed E-state index contributed by atoms with van der Waals surface area (Å²) >= 11 is 0. The zero-order chi connectivity index (χ0) is 8.69. The fourth-order valence-corrected chi connectivity index (χ4v) is 0.687. The molecule has 1 nitrogen and oxygen atoms in total. The van der Waals surface area contributed by atoms with Crippen molar-refractivity contribution in [2.45, 2.75) is 20.8 Å². The molecule has 60 valence electrons. The Hall–Kier alpha value is -1.11. The van der Waals surface area contributed by atoms with E-state index < -0.39 is 0 Å². The molecular formula is C10H14O. The predicted octanol–water partition coefficient (Wildman–Crippen LogP) is 2.65. The predicted molar refractivity (Wildman–Crippen MR) is 48.4 cm³/mol. The van der Waals surface area contributed by atoms with Crippen molar-refractivity contribution >= 4 is 5.78 Å². The van der Waals surface area contributed by atoms with Crippen LogP contribution in [0.2, 0.25) is 0 Å². The van der Waals surface area contributed by atoms with E-state index in [1.165, 1.54) is 0 Å². The van der Waals surface area contributed by atoms with Crippen molar-refractivity contribution in [3.63, 3.8) is 0 Å². The molecule has 0 fully saturated rings. The van der Waals surface area contributed by atoms with E-state index in [0.717, 1.165) is 5.57 Å². The van der Waals surface area contributed by atoms with Gasteiger partial charge < -0.3 is 0 Å². The van der Waals surface area contributed by atoms with Crippen molar-refractivity contribution in [2.75, 3.05) is 0 Å². The van der Waals surface area contributed by atoms with E-state index in [1.807, 2.05) is 44.2 Å². The second-order valence-corrected chi connectivity index (χ2v) is 2.19. The van der Waals surface area contributed by atoms with Crippen LogP contribution in [-0.4, -0.2) is 5.78 Å². The molecule has 0 aromatic rings. The minimum atomic E-state index is 0.105. The molecule has 0 bridgehead atoms. The molecule has 0 aromatic carbocycles. The van der Waals surface area contributed by atoms with Gasteiger partial charge >= 0.3 is 0 Å². The normalized spacial score (nSPS) is 13.2. The summed E-state index contributed by atoms with van der Waals surface area (Å²) in [7, 11) is 0. The highest BCUT2D eigenvalue weighted by Crippen LogP contribution is 1.97. The highest BCUT2D eigenvalue weighted by molar-refractivity contribution is 5.95. The van der Waals surface area contributed by atoms with Crippen LogP contribution in [-0.2, 0) is 4.79 Å². The molecule has 0 saturated heterocycles. The maximum Gasteiger partial charge on any atom is 0.159 e. The van der Waals surface area contributed by atoms with Crippen LogP contribution in [0.4, 0.5) is 0 Å². The van der Waals surface area contributed by atoms with Crippen molar-refractivity contribution in [3.8, 4) is 0 Å². The summed E-state index contributed by atoms with van der Waals surface area (Å²) in [6.07, 6.45) is 9.29. The number of hydrogen-bond acceptors (Lipinski definition) is 1. The largest absolute Gasteiger partial charge is 0.295 e. The van der Waals surface area contributed by atoms with E-state index >= 15 is 0 Å². The Morgan fingerprint density at radius 2 is 1.82 bits per heavy atom. The average Bonchev–Trinajstić information content (AvgIpc) is 1.97. The molecule has 0 aromatic heterocycles. The molecule has 11 heavy (non-hydrogen) atoms. The van der Waals surface area contributed by atoms with Gasteiger partial charge in [-0.3, -0.25) is 4.79 Å². The number of carbonyl (C=O) groups is 1. The van der Waals surface area contributed by atoms with Gasteiger partial charge in [-0.25, -0.2) is 0 Å². The number of carbonyl (C=O) groups excluding carboxylic acids is 1. The van der Waals surface area contributed by atoms with Gasteiger partial charge in [-0.1, -0.05) is 30.4 Å². The number of allylic oxidation sites excluding steroid dienone is 6. The summed E-state index contributed by atoms with van der Waals surface area (Å²) in [6.45, 7) is 5.36. The fraction of sp³-hybridized carbons (Fsp3) is 0.300. The number of Topliss-reactive ketones (excluding diaryl/α,β-unsaturated/α-hetero) is 1. The SMILES string of the molecule is C\C=C/C=C\C(=C/C)C(C)=O. The van der Waals surface area contributed by atoms with Gasteiger partial charge in [0.05, 0.1) is 0 Å². The van der Waals surface area contributed by atoms with E-state index in [4.69, 9.17) is 0 Å². The minimum absolute atomic E-state index is 0.105. The summed E-state index contributed by atoms with van der Waals surface area (Å²) in [5, 5.41) is 0. The molecule has 0 saturated carbocycles. The van der Waals surface area contributed by atoms with Crippen LogP contribution in [0.3, 0.4) is 0 Å². The average molecular weight is 150 g/mol. The molecule has 0 radical (unpaired) electrons. The lowest BCUT2D eigenvalue weighted by molar-refractivity contribution is -0.113. The van der Waals surface area contributed by atoms with Crippen molar-refractivity contribution < 1.29 is 4.79 Å². The van der Waals surface area contributed by atoms with Gasteiger partial charge in [-0.2, -0.15) is 0 Å². The smallest absolute Gasteiger partial charge is 0.159 e. The Balaban J connectivity index is 4.22. The van der Waals surface area contributed by atoms with E-state index in [1.54, 1.807) is 6.92 Å². The third-order valence-electron chi connectivity index (χ3n) is 1.30. The van der Waals surface area contributed by atoms with Crippen molar-refractivity contribution in [1.82, 2.24) is 0 Å². The topological polar surface area (TPSA) is 17.1 Å². The lowest BCUT2D eigenvalue weighted by Crippen LogP contribution is -1.91. The van der Waals surface area contributed by atoms with Crippen molar-refractivity contribution in [3.05, 3.63) is 36.0 Å². The maximum absolute atomic E-state index is 10.8. The third kappa shape index (κ3) is 4.31. The van der Waals surface area contributed by atoms with Crippen LogP contribution in [0.5, 0.6) is 0 Å². The van der Waals surface area contributed by atoms with E-state index in [9.17, 15) is 4.79 Å². The molecule has 0 N–H and O–H groups in total. The van der Waals surface area contributed by atoms with Gasteiger partial charge in [-0.15, -0.1) is 0 Å². The summed E-state index contributed by atoms with van der Waals surface area (Å²) in [5.74, 6) is 0.105. The van der Waals surface area contributed by atoms with Crippen LogP contribution in [0, 0.1) is 0 Å². The van der Waals surface area contributed by atoms with Gasteiger partial charge in [0, 0.05) is 5.57 Å². The zero-order valence-corrected chi connectivity index (χ0v) is 7.29. The fourth-order valence-electron chi connectivity index (χ4n) is 0.687. The van der Waals surface area contributed by atoms with Gasteiger partial charge in [0.25, 0.3) is 0 Å². The van der Waals surface area contributed by atoms with Crippen LogP contribution in [0.15, 0.2) is 36.0 Å². The quantitative estimate of drug-likeness (QED) is 0.446. The summed E-state index contributed by atoms with van der Waals surface area (Å²) in [5.41, 5.74) is 0.753.